The average molecular weight is 278 g/mol. The number of benzene rings is 1. The van der Waals surface area contributed by atoms with Gasteiger partial charge in [0, 0.05) is 29.1 Å². The number of ketones is 1. The summed E-state index contributed by atoms with van der Waals surface area (Å²) in [6.07, 6.45) is 6.67. The quantitative estimate of drug-likeness (QED) is 0.871. The van der Waals surface area contributed by atoms with Gasteiger partial charge in [-0.1, -0.05) is 6.08 Å². The maximum Gasteiger partial charge on any atom is 0.165 e. The molecule has 2 aromatic rings. The molecule has 0 atom stereocenters. The summed E-state index contributed by atoms with van der Waals surface area (Å²) < 4.78 is 5.29. The molecule has 0 saturated heterocycles. The summed E-state index contributed by atoms with van der Waals surface area (Å²) in [4.78, 5) is 20.3. The minimum atomic E-state index is 0.157. The number of aromatic amines is 1. The molecule has 21 heavy (non-hydrogen) atoms. The largest absolute Gasteiger partial charge is 0.497 e. The Morgan fingerprint density at radius 2 is 2.24 bits per heavy atom. The van der Waals surface area contributed by atoms with Gasteiger partial charge in [0.15, 0.2) is 5.78 Å². The van der Waals surface area contributed by atoms with Gasteiger partial charge in [-0.25, -0.2) is 0 Å². The maximum atomic E-state index is 12.4. The van der Waals surface area contributed by atoms with Gasteiger partial charge in [0.25, 0.3) is 0 Å². The Hall–Kier alpha value is -2.62. The molecule has 0 unspecified atom stereocenters. The Labute approximate surface area is 121 Å². The SMILES string of the molecule is COc1ccc2[nH]c3c(c2c1)CC(=O)C1=C3N=CC=CC1. The number of ether oxygens (including phenoxy) is 1. The van der Waals surface area contributed by atoms with E-state index in [1.54, 1.807) is 13.3 Å². The predicted octanol–water partition coefficient (Wildman–Crippen LogP) is 3.04. The number of aromatic nitrogens is 1. The molecule has 0 fully saturated rings. The van der Waals surface area contributed by atoms with Crippen molar-refractivity contribution in [3.63, 3.8) is 0 Å². The van der Waals surface area contributed by atoms with Crippen molar-refractivity contribution in [3.8, 4) is 5.75 Å². The van der Waals surface area contributed by atoms with Crippen LogP contribution in [0.3, 0.4) is 0 Å². The number of carbonyl (C=O) groups is 1. The molecular formula is C17H14N2O2. The Balaban J connectivity index is 2.00. The summed E-state index contributed by atoms with van der Waals surface area (Å²) in [5, 5.41) is 1.04. The lowest BCUT2D eigenvalue weighted by Gasteiger charge is -2.15. The van der Waals surface area contributed by atoms with Gasteiger partial charge in [-0.15, -0.1) is 0 Å². The van der Waals surface area contributed by atoms with Gasteiger partial charge in [0.05, 0.1) is 18.5 Å². The first kappa shape index (κ1) is 12.1. The molecule has 0 amide bonds. The van der Waals surface area contributed by atoms with Crippen LogP contribution in [0, 0.1) is 0 Å². The number of aliphatic imine (C=N–C) groups is 1. The number of allylic oxidation sites excluding steroid dienone is 3. The van der Waals surface area contributed by atoms with Gasteiger partial charge in [0.2, 0.25) is 0 Å². The van der Waals surface area contributed by atoms with Crippen molar-refractivity contribution in [2.45, 2.75) is 12.8 Å². The molecule has 4 nitrogen and oxygen atoms in total. The van der Waals surface area contributed by atoms with E-state index in [9.17, 15) is 4.79 Å². The topological polar surface area (TPSA) is 54.5 Å². The van der Waals surface area contributed by atoms with Gasteiger partial charge >= 0.3 is 0 Å². The molecule has 1 N–H and O–H groups in total. The van der Waals surface area contributed by atoms with Crippen LogP contribution < -0.4 is 4.74 Å². The second-order valence-corrected chi connectivity index (χ2v) is 5.23. The van der Waals surface area contributed by atoms with Crippen LogP contribution in [0.15, 0.2) is 40.9 Å². The number of rotatable bonds is 1. The lowest BCUT2D eigenvalue weighted by molar-refractivity contribution is -0.115. The van der Waals surface area contributed by atoms with E-state index < -0.39 is 0 Å². The highest BCUT2D eigenvalue weighted by Crippen LogP contribution is 2.37. The standard InChI is InChI=1S/C17H14N2O2/c1-21-10-5-6-14-12(8-10)13-9-15(20)11-4-2-3-7-18-16(11)17(13)19-14/h2-3,5-8,19H,4,9H2,1H3. The number of H-pyrrole nitrogens is 1. The molecule has 1 aliphatic heterocycles. The third-order valence-electron chi connectivity index (χ3n) is 4.06. The number of carbonyl (C=O) groups excluding carboxylic acids is 1. The first-order valence-corrected chi connectivity index (χ1v) is 6.92. The van der Waals surface area contributed by atoms with E-state index in [2.05, 4.69) is 9.98 Å². The molecule has 1 aromatic heterocycles. The van der Waals surface area contributed by atoms with Crippen molar-refractivity contribution in [3.05, 3.63) is 47.2 Å². The van der Waals surface area contributed by atoms with Crippen LogP contribution in [-0.4, -0.2) is 24.1 Å². The van der Waals surface area contributed by atoms with Crippen molar-refractivity contribution in [1.82, 2.24) is 4.98 Å². The Morgan fingerprint density at radius 3 is 3.10 bits per heavy atom. The number of nitrogens with one attached hydrogen (secondary N) is 1. The smallest absolute Gasteiger partial charge is 0.165 e. The van der Waals surface area contributed by atoms with Crippen molar-refractivity contribution in [1.29, 1.82) is 0 Å². The molecule has 2 heterocycles. The fourth-order valence-corrected chi connectivity index (χ4v) is 3.01. The second kappa shape index (κ2) is 4.45. The Kier molecular flexibility index (Phi) is 2.57. The summed E-state index contributed by atoms with van der Waals surface area (Å²) in [5.74, 6) is 0.951. The van der Waals surface area contributed by atoms with E-state index >= 15 is 0 Å². The zero-order chi connectivity index (χ0) is 14.4. The molecule has 104 valence electrons. The number of nitrogens with zero attached hydrogens (tertiary/aromatic N) is 1. The third-order valence-corrected chi connectivity index (χ3v) is 4.06. The molecule has 1 aliphatic carbocycles. The predicted molar refractivity (Wildman–Crippen MR) is 82.7 cm³/mol. The molecule has 2 aliphatic rings. The van der Waals surface area contributed by atoms with Crippen LogP contribution in [-0.2, 0) is 11.2 Å². The normalized spacial score (nSPS) is 16.9. The minimum Gasteiger partial charge on any atom is -0.497 e. The van der Waals surface area contributed by atoms with Crippen LogP contribution in [0.4, 0.5) is 0 Å². The van der Waals surface area contributed by atoms with Crippen molar-refractivity contribution in [2.75, 3.05) is 7.11 Å². The van der Waals surface area contributed by atoms with Gasteiger partial charge < -0.3 is 9.72 Å². The van der Waals surface area contributed by atoms with Crippen LogP contribution in [0.5, 0.6) is 5.75 Å². The maximum absolute atomic E-state index is 12.4. The second-order valence-electron chi connectivity index (χ2n) is 5.23. The van der Waals surface area contributed by atoms with Crippen LogP contribution in [0.2, 0.25) is 0 Å². The van der Waals surface area contributed by atoms with Crippen LogP contribution in [0.1, 0.15) is 17.7 Å². The highest BCUT2D eigenvalue weighted by Gasteiger charge is 2.28. The molecule has 0 saturated carbocycles. The Morgan fingerprint density at radius 1 is 1.33 bits per heavy atom. The van der Waals surface area contributed by atoms with Gasteiger partial charge in [0.1, 0.15) is 5.75 Å². The summed E-state index contributed by atoms with van der Waals surface area (Å²) in [6, 6.07) is 5.87. The first-order valence-electron chi connectivity index (χ1n) is 6.92. The summed E-state index contributed by atoms with van der Waals surface area (Å²) in [5.41, 5.74) is 4.57. The molecule has 1 aromatic carbocycles. The fourth-order valence-electron chi connectivity index (χ4n) is 3.01. The van der Waals surface area contributed by atoms with Crippen LogP contribution in [0.25, 0.3) is 16.6 Å². The number of methoxy groups -OCH3 is 1. The third kappa shape index (κ3) is 1.76. The van der Waals surface area contributed by atoms with Crippen molar-refractivity contribution >= 4 is 28.6 Å². The summed E-state index contributed by atoms with van der Waals surface area (Å²) in [7, 11) is 1.65. The number of fused-ring (bicyclic) bond motifs is 4. The fraction of sp³-hybridized carbons (Fsp3) is 0.176. The molecule has 0 radical (unpaired) electrons. The monoisotopic (exact) mass is 278 g/mol. The minimum absolute atomic E-state index is 0.157. The van der Waals surface area contributed by atoms with E-state index in [0.29, 0.717) is 12.8 Å². The first-order chi connectivity index (χ1) is 10.3. The highest BCUT2D eigenvalue weighted by atomic mass is 16.5. The van der Waals surface area contributed by atoms with E-state index in [-0.39, 0.29) is 5.78 Å². The van der Waals surface area contributed by atoms with Gasteiger partial charge in [-0.2, -0.15) is 0 Å². The Bertz CT molecular complexity index is 853. The average Bonchev–Trinajstić information content (AvgIpc) is 2.70. The lowest BCUT2D eigenvalue weighted by Crippen LogP contribution is -2.14. The van der Waals surface area contributed by atoms with Crippen LogP contribution >= 0.6 is 0 Å². The van der Waals surface area contributed by atoms with E-state index in [1.807, 2.05) is 30.4 Å². The van der Waals surface area contributed by atoms with Gasteiger partial charge in [-0.3, -0.25) is 9.79 Å². The summed E-state index contributed by atoms with van der Waals surface area (Å²) >= 11 is 0. The summed E-state index contributed by atoms with van der Waals surface area (Å²) in [6.45, 7) is 0. The van der Waals surface area contributed by atoms with E-state index in [4.69, 9.17) is 4.74 Å². The van der Waals surface area contributed by atoms with Gasteiger partial charge in [-0.05, 0) is 36.3 Å². The van der Waals surface area contributed by atoms with Crippen molar-refractivity contribution < 1.29 is 9.53 Å². The number of hydrogen-bond donors (Lipinski definition) is 1. The van der Waals surface area contributed by atoms with E-state index in [0.717, 1.165) is 39.2 Å². The van der Waals surface area contributed by atoms with Crippen molar-refractivity contribution in [2.24, 2.45) is 4.99 Å². The molecule has 4 rings (SSSR count). The number of hydrogen-bond acceptors (Lipinski definition) is 3. The molecule has 0 bridgehead atoms. The highest BCUT2D eigenvalue weighted by molar-refractivity contribution is 6.11. The lowest BCUT2D eigenvalue weighted by atomic mass is 9.90. The molecular weight excluding hydrogens is 264 g/mol. The zero-order valence-electron chi connectivity index (χ0n) is 11.6. The molecule has 4 heteroatoms. The number of Topliss-reactive ketones (excluding diaryl/α,β-unsaturated/α-hetero) is 1. The molecule has 0 spiro atoms. The zero-order valence-corrected chi connectivity index (χ0v) is 11.6. The van der Waals surface area contributed by atoms with E-state index in [1.165, 1.54) is 0 Å².